The summed E-state index contributed by atoms with van der Waals surface area (Å²) in [6, 6.07) is 0.483. The zero-order valence-electron chi connectivity index (χ0n) is 9.15. The van der Waals surface area contributed by atoms with Crippen molar-refractivity contribution in [3.05, 3.63) is 17.0 Å². The lowest BCUT2D eigenvalue weighted by molar-refractivity contribution is 0.634. The SMILES string of the molecule is CC(C)N(CC1CC1)c1ncncc1Br. The van der Waals surface area contributed by atoms with Gasteiger partial charge in [-0.15, -0.1) is 0 Å². The highest BCUT2D eigenvalue weighted by Crippen LogP contribution is 2.33. The fourth-order valence-corrected chi connectivity index (χ4v) is 2.09. The van der Waals surface area contributed by atoms with Crippen LogP contribution in [0.15, 0.2) is 17.0 Å². The molecule has 0 atom stereocenters. The van der Waals surface area contributed by atoms with E-state index in [9.17, 15) is 0 Å². The molecule has 0 radical (unpaired) electrons. The third kappa shape index (κ3) is 2.68. The highest BCUT2D eigenvalue weighted by atomic mass is 79.9. The van der Waals surface area contributed by atoms with Gasteiger partial charge >= 0.3 is 0 Å². The molecule has 0 bridgehead atoms. The van der Waals surface area contributed by atoms with Gasteiger partial charge in [-0.05, 0) is 48.5 Å². The fraction of sp³-hybridized carbons (Fsp3) is 0.636. The third-order valence-electron chi connectivity index (χ3n) is 2.70. The van der Waals surface area contributed by atoms with Crippen LogP contribution in [0.2, 0.25) is 0 Å². The van der Waals surface area contributed by atoms with Crippen LogP contribution >= 0.6 is 15.9 Å². The summed E-state index contributed by atoms with van der Waals surface area (Å²) >= 11 is 3.51. The smallest absolute Gasteiger partial charge is 0.146 e. The second-order valence-corrected chi connectivity index (χ2v) is 5.24. The molecule has 1 aliphatic rings. The number of nitrogens with zero attached hydrogens (tertiary/aromatic N) is 3. The van der Waals surface area contributed by atoms with Crippen LogP contribution in [0.25, 0.3) is 0 Å². The molecule has 0 aliphatic heterocycles. The largest absolute Gasteiger partial charge is 0.353 e. The van der Waals surface area contributed by atoms with Crippen molar-refractivity contribution in [2.75, 3.05) is 11.4 Å². The summed E-state index contributed by atoms with van der Waals surface area (Å²) in [4.78, 5) is 10.7. The van der Waals surface area contributed by atoms with E-state index in [1.54, 1.807) is 6.33 Å². The Balaban J connectivity index is 2.19. The second kappa shape index (κ2) is 4.47. The Labute approximate surface area is 99.0 Å². The molecule has 0 amide bonds. The van der Waals surface area contributed by atoms with Gasteiger partial charge in [-0.3, -0.25) is 0 Å². The second-order valence-electron chi connectivity index (χ2n) is 4.38. The van der Waals surface area contributed by atoms with Gasteiger partial charge in [-0.25, -0.2) is 9.97 Å². The van der Waals surface area contributed by atoms with E-state index < -0.39 is 0 Å². The predicted octanol–water partition coefficient (Wildman–Crippen LogP) is 2.86. The molecule has 1 heterocycles. The lowest BCUT2D eigenvalue weighted by Crippen LogP contribution is -2.33. The summed E-state index contributed by atoms with van der Waals surface area (Å²) in [5, 5.41) is 0. The van der Waals surface area contributed by atoms with Gasteiger partial charge in [0.1, 0.15) is 12.1 Å². The molecule has 0 spiro atoms. The van der Waals surface area contributed by atoms with Crippen molar-refractivity contribution < 1.29 is 0 Å². The highest BCUT2D eigenvalue weighted by molar-refractivity contribution is 9.10. The van der Waals surface area contributed by atoms with Crippen molar-refractivity contribution in [2.45, 2.75) is 32.7 Å². The maximum atomic E-state index is 4.35. The molecule has 1 aromatic rings. The maximum Gasteiger partial charge on any atom is 0.146 e. The first kappa shape index (κ1) is 10.9. The van der Waals surface area contributed by atoms with Crippen molar-refractivity contribution in [3.63, 3.8) is 0 Å². The summed E-state index contributed by atoms with van der Waals surface area (Å²) in [5.41, 5.74) is 0. The van der Waals surface area contributed by atoms with Gasteiger partial charge in [0, 0.05) is 18.8 Å². The summed E-state index contributed by atoms with van der Waals surface area (Å²) in [7, 11) is 0. The molecular weight excluding hydrogens is 254 g/mol. The zero-order chi connectivity index (χ0) is 10.8. The quantitative estimate of drug-likeness (QED) is 0.842. The lowest BCUT2D eigenvalue weighted by Gasteiger charge is -2.28. The van der Waals surface area contributed by atoms with E-state index in [-0.39, 0.29) is 0 Å². The molecule has 4 heteroatoms. The number of anilines is 1. The number of hydrogen-bond acceptors (Lipinski definition) is 3. The van der Waals surface area contributed by atoms with Gasteiger partial charge < -0.3 is 4.90 Å². The molecule has 1 aliphatic carbocycles. The maximum absolute atomic E-state index is 4.35. The van der Waals surface area contributed by atoms with Crippen molar-refractivity contribution in [3.8, 4) is 0 Å². The Morgan fingerprint density at radius 2 is 2.27 bits per heavy atom. The lowest BCUT2D eigenvalue weighted by atomic mass is 10.2. The van der Waals surface area contributed by atoms with E-state index >= 15 is 0 Å². The molecule has 0 aromatic carbocycles. The number of aromatic nitrogens is 2. The molecule has 1 fully saturated rings. The molecular formula is C11H16BrN3. The Hall–Kier alpha value is -0.640. The Morgan fingerprint density at radius 3 is 2.80 bits per heavy atom. The molecule has 0 saturated heterocycles. The van der Waals surface area contributed by atoms with Gasteiger partial charge in [-0.2, -0.15) is 0 Å². The van der Waals surface area contributed by atoms with E-state index in [1.165, 1.54) is 12.8 Å². The Kier molecular flexibility index (Phi) is 3.24. The summed E-state index contributed by atoms with van der Waals surface area (Å²) < 4.78 is 0.986. The van der Waals surface area contributed by atoms with Crippen LogP contribution in [0.1, 0.15) is 26.7 Å². The van der Waals surface area contributed by atoms with E-state index in [4.69, 9.17) is 0 Å². The number of halogens is 1. The van der Waals surface area contributed by atoms with E-state index in [2.05, 4.69) is 44.6 Å². The van der Waals surface area contributed by atoms with Crippen molar-refractivity contribution in [2.24, 2.45) is 5.92 Å². The van der Waals surface area contributed by atoms with Crippen molar-refractivity contribution in [1.29, 1.82) is 0 Å². The molecule has 15 heavy (non-hydrogen) atoms. The average Bonchev–Trinajstić information content (AvgIpc) is 2.99. The standard InChI is InChI=1S/C11H16BrN3/c1-8(2)15(6-9-3-4-9)11-10(12)5-13-7-14-11/h5,7-9H,3-4,6H2,1-2H3. The van der Waals surface area contributed by atoms with E-state index in [0.29, 0.717) is 6.04 Å². The first-order chi connectivity index (χ1) is 7.18. The van der Waals surface area contributed by atoms with Crippen LogP contribution in [-0.2, 0) is 0 Å². The summed E-state index contributed by atoms with van der Waals surface area (Å²) in [6.45, 7) is 5.53. The Morgan fingerprint density at radius 1 is 1.53 bits per heavy atom. The molecule has 0 N–H and O–H groups in total. The minimum absolute atomic E-state index is 0.483. The van der Waals surface area contributed by atoms with Crippen LogP contribution in [0.4, 0.5) is 5.82 Å². The van der Waals surface area contributed by atoms with Gasteiger partial charge in [0.05, 0.1) is 4.47 Å². The summed E-state index contributed by atoms with van der Waals surface area (Å²) in [5.74, 6) is 1.89. The minimum Gasteiger partial charge on any atom is -0.353 e. The molecule has 82 valence electrons. The molecule has 3 nitrogen and oxygen atoms in total. The number of rotatable bonds is 4. The predicted molar refractivity (Wildman–Crippen MR) is 64.9 cm³/mol. The van der Waals surface area contributed by atoms with Gasteiger partial charge in [0.2, 0.25) is 0 Å². The highest BCUT2D eigenvalue weighted by Gasteiger charge is 2.27. The van der Waals surface area contributed by atoms with Crippen molar-refractivity contribution >= 4 is 21.7 Å². The van der Waals surface area contributed by atoms with Crippen LogP contribution < -0.4 is 4.90 Å². The molecule has 1 aromatic heterocycles. The fourth-order valence-electron chi connectivity index (χ4n) is 1.64. The first-order valence-corrected chi connectivity index (χ1v) is 6.20. The molecule has 2 rings (SSSR count). The first-order valence-electron chi connectivity index (χ1n) is 5.40. The topological polar surface area (TPSA) is 29.0 Å². The molecule has 0 unspecified atom stereocenters. The number of hydrogen-bond donors (Lipinski definition) is 0. The van der Waals surface area contributed by atoms with Crippen LogP contribution in [-0.4, -0.2) is 22.6 Å². The van der Waals surface area contributed by atoms with Gasteiger partial charge in [0.15, 0.2) is 0 Å². The summed E-state index contributed by atoms with van der Waals surface area (Å²) in [6.07, 6.45) is 6.16. The average molecular weight is 270 g/mol. The van der Waals surface area contributed by atoms with Crippen LogP contribution in [0.5, 0.6) is 0 Å². The van der Waals surface area contributed by atoms with Gasteiger partial charge in [-0.1, -0.05) is 0 Å². The zero-order valence-corrected chi connectivity index (χ0v) is 10.7. The minimum atomic E-state index is 0.483. The van der Waals surface area contributed by atoms with E-state index in [0.717, 1.165) is 22.8 Å². The van der Waals surface area contributed by atoms with E-state index in [1.807, 2.05) is 6.20 Å². The normalized spacial score (nSPS) is 15.7. The monoisotopic (exact) mass is 269 g/mol. The van der Waals surface area contributed by atoms with Crippen molar-refractivity contribution in [1.82, 2.24) is 9.97 Å². The van der Waals surface area contributed by atoms with Crippen LogP contribution in [0, 0.1) is 5.92 Å². The van der Waals surface area contributed by atoms with Crippen LogP contribution in [0.3, 0.4) is 0 Å². The molecule has 1 saturated carbocycles. The Bertz CT molecular complexity index is 336. The van der Waals surface area contributed by atoms with Gasteiger partial charge in [0.25, 0.3) is 0 Å². The third-order valence-corrected chi connectivity index (χ3v) is 3.25.